The highest BCUT2D eigenvalue weighted by atomic mass is 16.6. The Morgan fingerprint density at radius 2 is 0.519 bits per heavy atom. The van der Waals surface area contributed by atoms with Gasteiger partial charge in [-0.15, -0.1) is 0 Å². The molecule has 0 aliphatic rings. The molecule has 6 nitrogen and oxygen atoms in total. The molecule has 308 valence electrons. The number of carbonyl (C=O) groups excluding carboxylic acids is 3. The number of unbranched alkanes of at least 4 members (excludes halogenated alkanes) is 31. The maximum absolute atomic E-state index is 12.6. The SMILES string of the molecule is CCCCCCCCCCCCCCCCCCCCCCC(=O)OCC(COC(=O)CCCCCCC)OC(=O)CCCCCCCCCCC. The molecular weight excluding hydrogens is 648 g/mol. The van der Waals surface area contributed by atoms with Crippen LogP contribution < -0.4 is 0 Å². The Bertz CT molecular complexity index is 768. The maximum Gasteiger partial charge on any atom is 0.306 e. The van der Waals surface area contributed by atoms with Crippen molar-refractivity contribution < 1.29 is 28.6 Å². The predicted molar refractivity (Wildman–Crippen MR) is 220 cm³/mol. The van der Waals surface area contributed by atoms with Crippen LogP contribution >= 0.6 is 0 Å². The molecule has 52 heavy (non-hydrogen) atoms. The van der Waals surface area contributed by atoms with Crippen molar-refractivity contribution in [1.29, 1.82) is 0 Å². The molecule has 0 amide bonds. The molecule has 0 bridgehead atoms. The lowest BCUT2D eigenvalue weighted by Gasteiger charge is -2.18. The summed E-state index contributed by atoms with van der Waals surface area (Å²) >= 11 is 0. The first-order chi connectivity index (χ1) is 25.5. The van der Waals surface area contributed by atoms with Crippen LogP contribution in [0.5, 0.6) is 0 Å². The summed E-state index contributed by atoms with van der Waals surface area (Å²) in [6.07, 6.45) is 42.7. The summed E-state index contributed by atoms with van der Waals surface area (Å²) in [5.74, 6) is -0.870. The van der Waals surface area contributed by atoms with E-state index in [2.05, 4.69) is 20.8 Å². The molecule has 0 aliphatic carbocycles. The molecule has 0 aromatic carbocycles. The van der Waals surface area contributed by atoms with Gasteiger partial charge in [-0.25, -0.2) is 0 Å². The average molecular weight is 737 g/mol. The molecule has 0 radical (unpaired) electrons. The zero-order chi connectivity index (χ0) is 38.0. The van der Waals surface area contributed by atoms with Gasteiger partial charge in [0, 0.05) is 19.3 Å². The van der Waals surface area contributed by atoms with E-state index in [1.807, 2.05) is 0 Å². The van der Waals surface area contributed by atoms with Gasteiger partial charge in [-0.3, -0.25) is 14.4 Å². The van der Waals surface area contributed by atoms with Gasteiger partial charge < -0.3 is 14.2 Å². The first-order valence-corrected chi connectivity index (χ1v) is 23.0. The fourth-order valence-corrected chi connectivity index (χ4v) is 6.85. The van der Waals surface area contributed by atoms with E-state index in [-0.39, 0.29) is 31.1 Å². The summed E-state index contributed by atoms with van der Waals surface area (Å²) in [6, 6.07) is 0. The smallest absolute Gasteiger partial charge is 0.306 e. The van der Waals surface area contributed by atoms with Crippen molar-refractivity contribution in [2.75, 3.05) is 13.2 Å². The van der Waals surface area contributed by atoms with Gasteiger partial charge in [-0.2, -0.15) is 0 Å². The number of rotatable bonds is 42. The van der Waals surface area contributed by atoms with Gasteiger partial charge in [-0.05, 0) is 19.3 Å². The first-order valence-electron chi connectivity index (χ1n) is 23.0. The number of carbonyl (C=O) groups is 3. The van der Waals surface area contributed by atoms with E-state index in [0.29, 0.717) is 19.3 Å². The third kappa shape index (κ3) is 39.6. The Labute approximate surface area is 323 Å². The van der Waals surface area contributed by atoms with Crippen molar-refractivity contribution in [1.82, 2.24) is 0 Å². The van der Waals surface area contributed by atoms with Crippen LogP contribution in [0.3, 0.4) is 0 Å². The van der Waals surface area contributed by atoms with Crippen molar-refractivity contribution in [3.8, 4) is 0 Å². The van der Waals surface area contributed by atoms with E-state index < -0.39 is 6.10 Å². The highest BCUT2D eigenvalue weighted by Gasteiger charge is 2.19. The zero-order valence-corrected chi connectivity index (χ0v) is 35.1. The Kier molecular flexibility index (Phi) is 40.9. The largest absolute Gasteiger partial charge is 0.462 e. The van der Waals surface area contributed by atoms with Crippen molar-refractivity contribution in [3.63, 3.8) is 0 Å². The Morgan fingerprint density at radius 1 is 0.308 bits per heavy atom. The van der Waals surface area contributed by atoms with E-state index in [9.17, 15) is 14.4 Å². The fourth-order valence-electron chi connectivity index (χ4n) is 6.85. The molecule has 0 fully saturated rings. The number of ether oxygens (including phenoxy) is 3. The Balaban J connectivity index is 4.04. The first kappa shape index (κ1) is 50.4. The Morgan fingerprint density at radius 3 is 0.769 bits per heavy atom. The lowest BCUT2D eigenvalue weighted by Crippen LogP contribution is -2.30. The van der Waals surface area contributed by atoms with Gasteiger partial charge in [0.25, 0.3) is 0 Å². The molecule has 1 unspecified atom stereocenters. The topological polar surface area (TPSA) is 78.9 Å². The summed E-state index contributed by atoms with van der Waals surface area (Å²) in [7, 11) is 0. The van der Waals surface area contributed by atoms with Crippen LogP contribution in [0.25, 0.3) is 0 Å². The molecule has 0 spiro atoms. The number of hydrogen-bond acceptors (Lipinski definition) is 6. The van der Waals surface area contributed by atoms with E-state index in [0.717, 1.165) is 64.2 Å². The van der Waals surface area contributed by atoms with Gasteiger partial charge in [-0.1, -0.05) is 220 Å². The summed E-state index contributed by atoms with van der Waals surface area (Å²) in [6.45, 7) is 6.56. The van der Waals surface area contributed by atoms with E-state index in [1.165, 1.54) is 154 Å². The lowest BCUT2D eigenvalue weighted by molar-refractivity contribution is -0.167. The molecule has 0 saturated heterocycles. The highest BCUT2D eigenvalue weighted by Crippen LogP contribution is 2.16. The fraction of sp³-hybridized carbons (Fsp3) is 0.935. The van der Waals surface area contributed by atoms with Gasteiger partial charge in [0.05, 0.1) is 0 Å². The minimum Gasteiger partial charge on any atom is -0.462 e. The summed E-state index contributed by atoms with van der Waals surface area (Å²) in [5, 5.41) is 0. The van der Waals surface area contributed by atoms with Crippen molar-refractivity contribution in [3.05, 3.63) is 0 Å². The molecule has 0 rings (SSSR count). The van der Waals surface area contributed by atoms with Crippen molar-refractivity contribution in [2.24, 2.45) is 0 Å². The highest BCUT2D eigenvalue weighted by molar-refractivity contribution is 5.71. The summed E-state index contributed by atoms with van der Waals surface area (Å²) in [5.41, 5.74) is 0. The molecule has 6 heteroatoms. The van der Waals surface area contributed by atoms with Crippen LogP contribution in [-0.2, 0) is 28.6 Å². The second-order valence-corrected chi connectivity index (χ2v) is 15.7. The van der Waals surface area contributed by atoms with Crippen LogP contribution in [0, 0.1) is 0 Å². The third-order valence-corrected chi connectivity index (χ3v) is 10.4. The van der Waals surface area contributed by atoms with Crippen LogP contribution in [0.15, 0.2) is 0 Å². The van der Waals surface area contributed by atoms with Gasteiger partial charge in [0.2, 0.25) is 0 Å². The molecule has 0 aliphatic heterocycles. The number of esters is 3. The van der Waals surface area contributed by atoms with Gasteiger partial charge in [0.1, 0.15) is 13.2 Å². The second kappa shape index (κ2) is 42.2. The minimum atomic E-state index is -0.756. The van der Waals surface area contributed by atoms with Crippen molar-refractivity contribution >= 4 is 17.9 Å². The Hall–Kier alpha value is -1.59. The average Bonchev–Trinajstić information content (AvgIpc) is 3.14. The van der Waals surface area contributed by atoms with Gasteiger partial charge >= 0.3 is 17.9 Å². The van der Waals surface area contributed by atoms with Crippen LogP contribution in [-0.4, -0.2) is 37.2 Å². The monoisotopic (exact) mass is 737 g/mol. The molecular formula is C46H88O6. The van der Waals surface area contributed by atoms with E-state index in [4.69, 9.17) is 14.2 Å². The molecule has 0 heterocycles. The third-order valence-electron chi connectivity index (χ3n) is 10.4. The summed E-state index contributed by atoms with van der Waals surface area (Å²) in [4.78, 5) is 37.4. The zero-order valence-electron chi connectivity index (χ0n) is 35.1. The van der Waals surface area contributed by atoms with Crippen LogP contribution in [0.4, 0.5) is 0 Å². The molecule has 0 aromatic heterocycles. The number of hydrogen-bond donors (Lipinski definition) is 0. The van der Waals surface area contributed by atoms with Gasteiger partial charge in [0.15, 0.2) is 6.10 Å². The normalized spacial score (nSPS) is 11.8. The second-order valence-electron chi connectivity index (χ2n) is 15.7. The predicted octanol–water partition coefficient (Wildman–Crippen LogP) is 14.5. The summed E-state index contributed by atoms with van der Waals surface area (Å²) < 4.78 is 16.6. The van der Waals surface area contributed by atoms with Crippen LogP contribution in [0.2, 0.25) is 0 Å². The minimum absolute atomic E-state index is 0.0642. The van der Waals surface area contributed by atoms with Crippen LogP contribution in [0.1, 0.15) is 258 Å². The lowest BCUT2D eigenvalue weighted by atomic mass is 10.0. The van der Waals surface area contributed by atoms with Crippen molar-refractivity contribution in [2.45, 2.75) is 264 Å². The molecule has 0 N–H and O–H groups in total. The van der Waals surface area contributed by atoms with E-state index in [1.54, 1.807) is 0 Å². The standard InChI is InChI=1S/C46H88O6/c1-4-7-10-13-15-17-18-19-20-21-22-23-24-25-26-27-29-30-33-36-39-45(48)51-42-43(41-50-44(47)38-35-32-12-9-6-3)52-46(49)40-37-34-31-28-16-14-11-8-5-2/h43H,4-42H2,1-3H3. The molecule has 0 saturated carbocycles. The quantitative estimate of drug-likeness (QED) is 0.0353. The maximum atomic E-state index is 12.6. The molecule has 1 atom stereocenters. The van der Waals surface area contributed by atoms with E-state index >= 15 is 0 Å². The molecule has 0 aromatic rings.